The Balaban J connectivity index is 1.95. The topological polar surface area (TPSA) is 45.9 Å². The van der Waals surface area contributed by atoms with Crippen LogP contribution in [0.1, 0.15) is 19.4 Å². The van der Waals surface area contributed by atoms with Gasteiger partial charge in [-0.25, -0.2) is 0 Å². The van der Waals surface area contributed by atoms with Crippen LogP contribution in [0.15, 0.2) is 45.6 Å². The van der Waals surface area contributed by atoms with Crippen LogP contribution in [0.2, 0.25) is 0 Å². The molecule has 0 aliphatic carbocycles. The fourth-order valence-electron chi connectivity index (χ4n) is 3.87. The van der Waals surface area contributed by atoms with Crippen molar-refractivity contribution >= 4 is 27.6 Å². The molecular formula is C22H26N2O3. The fraction of sp³-hybridized carbons (Fsp3) is 0.409. The zero-order chi connectivity index (χ0) is 18.8. The number of anilines is 1. The Morgan fingerprint density at radius 1 is 1.04 bits per heavy atom. The molecule has 1 aliphatic rings. The van der Waals surface area contributed by atoms with E-state index in [4.69, 9.17) is 9.15 Å². The average Bonchev–Trinajstić information content (AvgIpc) is 2.72. The van der Waals surface area contributed by atoms with Crippen LogP contribution in [0.25, 0.3) is 21.7 Å². The van der Waals surface area contributed by atoms with Crippen LogP contribution in [0, 0.1) is 0 Å². The summed E-state index contributed by atoms with van der Waals surface area (Å²) in [7, 11) is 0. The monoisotopic (exact) mass is 366 g/mol. The van der Waals surface area contributed by atoms with Crippen molar-refractivity contribution in [2.75, 3.05) is 44.3 Å². The lowest BCUT2D eigenvalue weighted by Gasteiger charge is -2.29. The fourth-order valence-corrected chi connectivity index (χ4v) is 3.87. The van der Waals surface area contributed by atoms with Gasteiger partial charge < -0.3 is 14.1 Å². The molecule has 0 unspecified atom stereocenters. The molecule has 1 aliphatic heterocycles. The highest BCUT2D eigenvalue weighted by molar-refractivity contribution is 6.05. The Morgan fingerprint density at radius 2 is 1.78 bits per heavy atom. The Morgan fingerprint density at radius 3 is 2.52 bits per heavy atom. The average molecular weight is 366 g/mol. The van der Waals surface area contributed by atoms with Crippen molar-refractivity contribution in [3.05, 3.63) is 52.2 Å². The molecule has 5 nitrogen and oxygen atoms in total. The second-order valence-corrected chi connectivity index (χ2v) is 6.94. The summed E-state index contributed by atoms with van der Waals surface area (Å²) in [5.41, 5.74) is 1.50. The minimum Gasteiger partial charge on any atom is -0.440 e. The van der Waals surface area contributed by atoms with Crippen molar-refractivity contribution in [3.63, 3.8) is 0 Å². The maximum Gasteiger partial charge on any atom is 0.204 e. The number of ether oxygens (including phenoxy) is 1. The molecule has 4 rings (SSSR count). The molecule has 1 aromatic heterocycles. The van der Waals surface area contributed by atoms with Crippen molar-refractivity contribution in [1.29, 1.82) is 0 Å². The number of fused-ring (bicyclic) bond motifs is 3. The molecule has 0 amide bonds. The van der Waals surface area contributed by atoms with Gasteiger partial charge in [0.15, 0.2) is 5.43 Å². The van der Waals surface area contributed by atoms with Crippen LogP contribution in [0.5, 0.6) is 0 Å². The Bertz CT molecular complexity index is 1000. The molecule has 0 spiro atoms. The van der Waals surface area contributed by atoms with Crippen LogP contribution < -0.4 is 10.3 Å². The van der Waals surface area contributed by atoms with Crippen molar-refractivity contribution in [2.24, 2.45) is 0 Å². The van der Waals surface area contributed by atoms with Crippen LogP contribution >= 0.6 is 0 Å². The molecule has 3 aromatic rings. The standard InChI is InChI=1S/C22H26N2O3/c1-3-24(4-2)22-18(15-23-11-13-26-14-12-23)21(25)20-17-8-6-5-7-16(17)9-10-19(20)27-22/h5-10H,3-4,11-15H2,1-2H3. The highest BCUT2D eigenvalue weighted by Gasteiger charge is 2.22. The number of hydrogen-bond acceptors (Lipinski definition) is 5. The number of morpholine rings is 1. The number of nitrogens with zero attached hydrogens (tertiary/aromatic N) is 2. The first-order valence-corrected chi connectivity index (χ1v) is 9.75. The SMILES string of the molecule is CCN(CC)c1oc2ccc3ccccc3c2c(=O)c1CN1CCOCC1. The summed E-state index contributed by atoms with van der Waals surface area (Å²) in [6, 6.07) is 12.0. The molecule has 1 saturated heterocycles. The maximum absolute atomic E-state index is 13.6. The van der Waals surface area contributed by atoms with E-state index < -0.39 is 0 Å². The number of rotatable bonds is 5. The molecule has 0 atom stereocenters. The molecule has 5 heteroatoms. The van der Waals surface area contributed by atoms with E-state index in [0.717, 1.165) is 42.5 Å². The van der Waals surface area contributed by atoms with Crippen molar-refractivity contribution in [2.45, 2.75) is 20.4 Å². The third-order valence-corrected chi connectivity index (χ3v) is 5.39. The van der Waals surface area contributed by atoms with Gasteiger partial charge in [0.1, 0.15) is 5.58 Å². The highest BCUT2D eigenvalue weighted by atomic mass is 16.5. The summed E-state index contributed by atoms with van der Waals surface area (Å²) in [6.07, 6.45) is 0. The Labute approximate surface area is 159 Å². The second-order valence-electron chi connectivity index (χ2n) is 6.94. The Hall–Kier alpha value is -2.37. The van der Waals surface area contributed by atoms with Gasteiger partial charge in [-0.2, -0.15) is 0 Å². The van der Waals surface area contributed by atoms with E-state index in [1.165, 1.54) is 0 Å². The van der Waals surface area contributed by atoms with Gasteiger partial charge in [0.05, 0.1) is 24.2 Å². The van der Waals surface area contributed by atoms with E-state index in [1.807, 2.05) is 36.4 Å². The number of hydrogen-bond donors (Lipinski definition) is 0. The molecule has 27 heavy (non-hydrogen) atoms. The molecule has 2 aromatic carbocycles. The van der Waals surface area contributed by atoms with E-state index in [9.17, 15) is 4.79 Å². The van der Waals surface area contributed by atoms with Gasteiger partial charge >= 0.3 is 0 Å². The van der Waals surface area contributed by atoms with Gasteiger partial charge in [0.25, 0.3) is 0 Å². The predicted octanol–water partition coefficient (Wildman–Crippen LogP) is 3.62. The predicted molar refractivity (Wildman–Crippen MR) is 110 cm³/mol. The number of benzene rings is 2. The molecule has 0 radical (unpaired) electrons. The lowest BCUT2D eigenvalue weighted by molar-refractivity contribution is 0.0339. The van der Waals surface area contributed by atoms with Crippen LogP contribution in [-0.2, 0) is 11.3 Å². The summed E-state index contributed by atoms with van der Waals surface area (Å²) in [4.78, 5) is 18.0. The largest absolute Gasteiger partial charge is 0.440 e. The first-order valence-electron chi connectivity index (χ1n) is 9.75. The van der Waals surface area contributed by atoms with Gasteiger partial charge in [-0.05, 0) is 30.7 Å². The van der Waals surface area contributed by atoms with E-state index in [2.05, 4.69) is 23.6 Å². The van der Waals surface area contributed by atoms with E-state index in [-0.39, 0.29) is 5.43 Å². The lowest BCUT2D eigenvalue weighted by atomic mass is 10.0. The zero-order valence-corrected chi connectivity index (χ0v) is 16.0. The van der Waals surface area contributed by atoms with Gasteiger partial charge in [0, 0.05) is 32.7 Å². The van der Waals surface area contributed by atoms with Crippen LogP contribution in [0.4, 0.5) is 5.88 Å². The first kappa shape index (κ1) is 18.0. The van der Waals surface area contributed by atoms with E-state index >= 15 is 0 Å². The third kappa shape index (κ3) is 3.33. The molecule has 142 valence electrons. The molecular weight excluding hydrogens is 340 g/mol. The summed E-state index contributed by atoms with van der Waals surface area (Å²) in [6.45, 7) is 9.47. The van der Waals surface area contributed by atoms with Gasteiger partial charge in [-0.3, -0.25) is 9.69 Å². The van der Waals surface area contributed by atoms with Gasteiger partial charge in [-0.15, -0.1) is 0 Å². The van der Waals surface area contributed by atoms with Crippen molar-refractivity contribution < 1.29 is 9.15 Å². The zero-order valence-electron chi connectivity index (χ0n) is 16.0. The molecule has 2 heterocycles. The normalized spacial score (nSPS) is 15.5. The molecule has 0 N–H and O–H groups in total. The first-order chi connectivity index (χ1) is 13.2. The quantitative estimate of drug-likeness (QED) is 0.646. The van der Waals surface area contributed by atoms with Crippen LogP contribution in [-0.4, -0.2) is 44.3 Å². The summed E-state index contributed by atoms with van der Waals surface area (Å²) < 4.78 is 11.8. The second kappa shape index (κ2) is 7.71. The minimum absolute atomic E-state index is 0.0847. The highest BCUT2D eigenvalue weighted by Crippen LogP contribution is 2.29. The summed E-state index contributed by atoms with van der Waals surface area (Å²) in [5, 5.41) is 2.70. The maximum atomic E-state index is 13.6. The lowest BCUT2D eigenvalue weighted by Crippen LogP contribution is -2.38. The van der Waals surface area contributed by atoms with E-state index in [1.54, 1.807) is 0 Å². The minimum atomic E-state index is 0.0847. The summed E-state index contributed by atoms with van der Waals surface area (Å²) >= 11 is 0. The van der Waals surface area contributed by atoms with Crippen molar-refractivity contribution in [3.8, 4) is 0 Å². The van der Waals surface area contributed by atoms with Crippen molar-refractivity contribution in [1.82, 2.24) is 4.90 Å². The molecule has 0 bridgehead atoms. The van der Waals surface area contributed by atoms with Gasteiger partial charge in [0.2, 0.25) is 5.88 Å². The van der Waals surface area contributed by atoms with Crippen LogP contribution in [0.3, 0.4) is 0 Å². The molecule has 1 fully saturated rings. The van der Waals surface area contributed by atoms with E-state index in [0.29, 0.717) is 36.6 Å². The smallest absolute Gasteiger partial charge is 0.204 e. The summed E-state index contributed by atoms with van der Waals surface area (Å²) in [5.74, 6) is 0.708. The molecule has 0 saturated carbocycles. The van der Waals surface area contributed by atoms with Gasteiger partial charge in [-0.1, -0.05) is 30.3 Å². The Kier molecular flexibility index (Phi) is 5.14. The third-order valence-electron chi connectivity index (χ3n) is 5.39.